The molecule has 0 bridgehead atoms. The Morgan fingerprint density at radius 2 is 2.08 bits per heavy atom. The summed E-state index contributed by atoms with van der Waals surface area (Å²) in [6.45, 7) is 8.28. The van der Waals surface area contributed by atoms with Gasteiger partial charge in [0.15, 0.2) is 0 Å². The van der Waals surface area contributed by atoms with Crippen LogP contribution in [0, 0.1) is 23.2 Å². The van der Waals surface area contributed by atoms with Gasteiger partial charge in [0.2, 0.25) is 11.8 Å². The summed E-state index contributed by atoms with van der Waals surface area (Å²) in [5, 5.41) is 15.2. The molecule has 0 radical (unpaired) electrons. The zero-order valence-electron chi connectivity index (χ0n) is 21.3. The van der Waals surface area contributed by atoms with Crippen LogP contribution in [0.3, 0.4) is 0 Å². The molecule has 2 fully saturated rings. The number of pyridine rings is 1. The van der Waals surface area contributed by atoms with Crippen LogP contribution in [-0.2, 0) is 21.1 Å². The van der Waals surface area contributed by atoms with Gasteiger partial charge in [-0.05, 0) is 37.3 Å². The number of aromatic nitrogens is 3. The van der Waals surface area contributed by atoms with Crippen LogP contribution < -0.4 is 16.2 Å². The maximum Gasteiger partial charge on any atom is 0.277 e. The Labute approximate surface area is 212 Å². The first-order valence-corrected chi connectivity index (χ1v) is 16.5. The van der Waals surface area contributed by atoms with E-state index in [0.717, 1.165) is 18.9 Å². The standard InChI is InChI=1S/C25H36N6O4Si/c1-36(2,3)11-10-35-16-30-15-28-20-7-9-31(25(34)22(20)30)21(12-17-4-5-17)24(33)29-19(14-26)13-18-6-8-27-23(18)32/h7,9,15,17-19,21H,4-6,8,10-13,16H2,1-3H3,(H,27,32)(H,29,33)/t18-,19-,21+/m0/s1. The van der Waals surface area contributed by atoms with Crippen LogP contribution in [0.15, 0.2) is 23.4 Å². The molecule has 1 saturated carbocycles. The summed E-state index contributed by atoms with van der Waals surface area (Å²) < 4.78 is 9.00. The van der Waals surface area contributed by atoms with Gasteiger partial charge < -0.3 is 24.5 Å². The fraction of sp³-hybridized carbons (Fsp3) is 0.640. The summed E-state index contributed by atoms with van der Waals surface area (Å²) in [4.78, 5) is 43.3. The van der Waals surface area contributed by atoms with Gasteiger partial charge in [-0.3, -0.25) is 14.4 Å². The molecule has 3 heterocycles. The lowest BCUT2D eigenvalue weighted by Crippen LogP contribution is -2.43. The van der Waals surface area contributed by atoms with E-state index in [9.17, 15) is 19.6 Å². The monoisotopic (exact) mass is 512 g/mol. The number of nitriles is 1. The minimum absolute atomic E-state index is 0.0824. The Kier molecular flexibility index (Phi) is 7.95. The summed E-state index contributed by atoms with van der Waals surface area (Å²) in [5.41, 5.74) is 0.652. The number of ether oxygens (including phenoxy) is 1. The van der Waals surface area contributed by atoms with Crippen molar-refractivity contribution in [3.63, 3.8) is 0 Å². The van der Waals surface area contributed by atoms with Gasteiger partial charge in [0.25, 0.3) is 5.56 Å². The highest BCUT2D eigenvalue weighted by atomic mass is 28.3. The van der Waals surface area contributed by atoms with Crippen LogP contribution >= 0.6 is 0 Å². The SMILES string of the molecule is C[Si](C)(C)CCOCn1cnc2ccn([C@H](CC3CC3)C(=O)N[C@H](C#N)C[C@@H]3CCNC3=O)c(=O)c21. The fourth-order valence-corrected chi connectivity index (χ4v) is 5.32. The molecule has 2 aromatic heterocycles. The molecule has 10 nitrogen and oxygen atoms in total. The van der Waals surface area contributed by atoms with Crippen molar-refractivity contribution < 1.29 is 14.3 Å². The van der Waals surface area contributed by atoms with Gasteiger partial charge in [-0.1, -0.05) is 32.5 Å². The summed E-state index contributed by atoms with van der Waals surface area (Å²) in [5.74, 6) is -0.364. The lowest BCUT2D eigenvalue weighted by Gasteiger charge is -2.22. The van der Waals surface area contributed by atoms with E-state index >= 15 is 0 Å². The summed E-state index contributed by atoms with van der Waals surface area (Å²) in [6, 6.07) is 3.35. The zero-order valence-corrected chi connectivity index (χ0v) is 22.3. The molecule has 1 aliphatic carbocycles. The van der Waals surface area contributed by atoms with E-state index in [1.165, 1.54) is 4.57 Å². The predicted molar refractivity (Wildman–Crippen MR) is 138 cm³/mol. The van der Waals surface area contributed by atoms with Gasteiger partial charge in [-0.25, -0.2) is 4.98 Å². The van der Waals surface area contributed by atoms with Crippen LogP contribution in [-0.4, -0.2) is 53.2 Å². The van der Waals surface area contributed by atoms with Crippen molar-refractivity contribution >= 4 is 30.9 Å². The largest absolute Gasteiger partial charge is 0.361 e. The molecule has 1 aliphatic heterocycles. The van der Waals surface area contributed by atoms with E-state index in [-0.39, 0.29) is 36.4 Å². The lowest BCUT2D eigenvalue weighted by atomic mass is 9.98. The van der Waals surface area contributed by atoms with E-state index in [1.807, 2.05) is 0 Å². The van der Waals surface area contributed by atoms with Gasteiger partial charge in [-0.15, -0.1) is 0 Å². The van der Waals surface area contributed by atoms with Crippen LogP contribution in [0.4, 0.5) is 0 Å². The second-order valence-corrected chi connectivity index (χ2v) is 16.8. The van der Waals surface area contributed by atoms with Crippen LogP contribution in [0.5, 0.6) is 0 Å². The third kappa shape index (κ3) is 6.42. The molecule has 36 heavy (non-hydrogen) atoms. The number of rotatable bonds is 12. The molecule has 1 saturated heterocycles. The topological polar surface area (TPSA) is 131 Å². The Bertz CT molecular complexity index is 1210. The molecule has 4 rings (SSSR count). The Hall–Kier alpha value is -2.97. The predicted octanol–water partition coefficient (Wildman–Crippen LogP) is 2.39. The number of hydrogen-bond acceptors (Lipinski definition) is 6. The average molecular weight is 513 g/mol. The third-order valence-electron chi connectivity index (χ3n) is 6.97. The number of nitrogens with one attached hydrogen (secondary N) is 2. The average Bonchev–Trinajstić information content (AvgIpc) is 3.41. The number of imidazole rings is 1. The highest BCUT2D eigenvalue weighted by Crippen LogP contribution is 2.37. The summed E-state index contributed by atoms with van der Waals surface area (Å²) >= 11 is 0. The van der Waals surface area contributed by atoms with Crippen molar-refractivity contribution in [2.24, 2.45) is 11.8 Å². The Morgan fingerprint density at radius 3 is 2.72 bits per heavy atom. The third-order valence-corrected chi connectivity index (χ3v) is 8.67. The van der Waals surface area contributed by atoms with Crippen molar-refractivity contribution in [2.45, 2.75) is 76.6 Å². The van der Waals surface area contributed by atoms with Crippen molar-refractivity contribution in [3.05, 3.63) is 28.9 Å². The van der Waals surface area contributed by atoms with E-state index in [4.69, 9.17) is 4.74 Å². The van der Waals surface area contributed by atoms with E-state index in [2.05, 4.69) is 41.3 Å². The molecule has 3 atom stereocenters. The van der Waals surface area contributed by atoms with Crippen LogP contribution in [0.1, 0.15) is 38.1 Å². The van der Waals surface area contributed by atoms with E-state index < -0.39 is 20.2 Å². The van der Waals surface area contributed by atoms with Gasteiger partial charge >= 0.3 is 0 Å². The second-order valence-electron chi connectivity index (χ2n) is 11.2. The van der Waals surface area contributed by atoms with Gasteiger partial charge in [0.1, 0.15) is 24.3 Å². The highest BCUT2D eigenvalue weighted by Gasteiger charge is 2.34. The van der Waals surface area contributed by atoms with Crippen LogP contribution in [0.25, 0.3) is 11.0 Å². The number of amides is 2. The highest BCUT2D eigenvalue weighted by molar-refractivity contribution is 6.76. The first kappa shape index (κ1) is 26.1. The molecular formula is C25H36N6O4Si. The first-order valence-electron chi connectivity index (χ1n) is 12.8. The number of nitrogens with zero attached hydrogens (tertiary/aromatic N) is 4. The maximum absolute atomic E-state index is 13.6. The Morgan fingerprint density at radius 1 is 1.31 bits per heavy atom. The number of carbonyl (C=O) groups is 2. The molecule has 2 amide bonds. The molecule has 0 aromatic carbocycles. The minimum Gasteiger partial charge on any atom is -0.361 e. The fourth-order valence-electron chi connectivity index (χ4n) is 4.56. The lowest BCUT2D eigenvalue weighted by molar-refractivity contribution is -0.126. The van der Waals surface area contributed by atoms with Gasteiger partial charge in [-0.2, -0.15) is 5.26 Å². The quantitative estimate of drug-likeness (QED) is 0.332. The van der Waals surface area contributed by atoms with Crippen molar-refractivity contribution in [3.8, 4) is 6.07 Å². The summed E-state index contributed by atoms with van der Waals surface area (Å²) in [7, 11) is -1.23. The molecule has 11 heteroatoms. The van der Waals surface area contributed by atoms with Gasteiger partial charge in [0.05, 0.1) is 17.9 Å². The van der Waals surface area contributed by atoms with Crippen molar-refractivity contribution in [2.75, 3.05) is 13.2 Å². The van der Waals surface area contributed by atoms with Crippen molar-refractivity contribution in [1.82, 2.24) is 24.8 Å². The summed E-state index contributed by atoms with van der Waals surface area (Å²) in [6.07, 6.45) is 6.70. The Balaban J connectivity index is 1.53. The zero-order chi connectivity index (χ0) is 25.9. The molecule has 2 N–H and O–H groups in total. The number of hydrogen-bond donors (Lipinski definition) is 2. The molecule has 2 aliphatic rings. The van der Waals surface area contributed by atoms with Crippen LogP contribution in [0.2, 0.25) is 25.7 Å². The first-order chi connectivity index (χ1) is 17.2. The molecule has 0 unspecified atom stereocenters. The smallest absolute Gasteiger partial charge is 0.277 e. The van der Waals surface area contributed by atoms with Crippen molar-refractivity contribution in [1.29, 1.82) is 5.26 Å². The van der Waals surface area contributed by atoms with E-state index in [1.54, 1.807) is 23.2 Å². The minimum atomic E-state index is -1.23. The number of fused-ring (bicyclic) bond motifs is 1. The second kappa shape index (κ2) is 11.0. The molecular weight excluding hydrogens is 476 g/mol. The molecule has 2 aromatic rings. The van der Waals surface area contributed by atoms with E-state index in [0.29, 0.717) is 42.9 Å². The maximum atomic E-state index is 13.6. The number of carbonyl (C=O) groups excluding carboxylic acids is 2. The molecule has 194 valence electrons. The molecule has 0 spiro atoms. The van der Waals surface area contributed by atoms with Gasteiger partial charge in [0, 0.05) is 33.3 Å². The normalized spacial score (nSPS) is 19.6.